The lowest BCUT2D eigenvalue weighted by atomic mass is 10.1. The van der Waals surface area contributed by atoms with E-state index in [0.29, 0.717) is 28.1 Å². The van der Waals surface area contributed by atoms with E-state index in [1.165, 1.54) is 18.1 Å². The normalized spacial score (nSPS) is 14.7. The van der Waals surface area contributed by atoms with Gasteiger partial charge < -0.3 is 25.1 Å². The van der Waals surface area contributed by atoms with Crippen LogP contribution in [0.25, 0.3) is 11.2 Å². The van der Waals surface area contributed by atoms with Gasteiger partial charge in [0.05, 0.1) is 0 Å². The Morgan fingerprint density at radius 2 is 1.89 bits per heavy atom. The molecule has 1 aliphatic heterocycles. The Morgan fingerprint density at radius 3 is 2.73 bits per heavy atom. The first-order valence-electron chi connectivity index (χ1n) is 12.1. The van der Waals surface area contributed by atoms with Gasteiger partial charge in [0.15, 0.2) is 22.1 Å². The molecular weight excluding hydrogens is 484 g/mol. The summed E-state index contributed by atoms with van der Waals surface area (Å²) in [5.41, 5.74) is 10.0. The number of anilines is 1. The number of imidazole rings is 1. The van der Waals surface area contributed by atoms with Gasteiger partial charge in [0.1, 0.15) is 12.6 Å². The second-order valence-electron chi connectivity index (χ2n) is 8.77. The average molecular weight is 513 g/mol. The quantitative estimate of drug-likeness (QED) is 0.256. The van der Waals surface area contributed by atoms with E-state index in [-0.39, 0.29) is 0 Å². The van der Waals surface area contributed by atoms with Gasteiger partial charge in [-0.3, -0.25) is 0 Å². The summed E-state index contributed by atoms with van der Waals surface area (Å²) >= 11 is 1.38. The van der Waals surface area contributed by atoms with Gasteiger partial charge in [-0.1, -0.05) is 62.1 Å². The number of nitrogens with two attached hydrogens (primary N) is 1. The lowest BCUT2D eigenvalue weighted by Gasteiger charge is -2.14. The minimum absolute atomic E-state index is 0.354. The molecule has 1 atom stereocenters. The fourth-order valence-electron chi connectivity index (χ4n) is 3.87. The number of aryl methyl sites for hydroxylation is 1. The summed E-state index contributed by atoms with van der Waals surface area (Å²) in [6.07, 6.45) is 3.40. The third-order valence-corrected chi connectivity index (χ3v) is 6.56. The minimum Gasteiger partial charge on any atom is -0.454 e. The van der Waals surface area contributed by atoms with E-state index in [4.69, 9.17) is 20.2 Å². The number of rotatable bonds is 8. The number of benzene rings is 2. The van der Waals surface area contributed by atoms with Gasteiger partial charge in [-0.2, -0.15) is 0 Å². The Kier molecular flexibility index (Phi) is 7.59. The van der Waals surface area contributed by atoms with Crippen molar-refractivity contribution in [3.05, 3.63) is 89.0 Å². The molecule has 9 heteroatoms. The topological polar surface area (TPSA) is 100 Å². The molecule has 3 heterocycles. The molecule has 0 saturated heterocycles. The van der Waals surface area contributed by atoms with Crippen molar-refractivity contribution in [2.45, 2.75) is 44.3 Å². The van der Waals surface area contributed by atoms with Crippen LogP contribution in [0.5, 0.6) is 0 Å². The lowest BCUT2D eigenvalue weighted by molar-refractivity contribution is -0.0275. The van der Waals surface area contributed by atoms with Crippen LogP contribution in [0.4, 0.5) is 5.82 Å². The Bertz CT molecular complexity index is 1470. The minimum atomic E-state index is -0.596. The number of hydrogen-bond donors (Lipinski definition) is 2. The summed E-state index contributed by atoms with van der Waals surface area (Å²) < 4.78 is 14.1. The second kappa shape index (κ2) is 11.4. The summed E-state index contributed by atoms with van der Waals surface area (Å²) in [7, 11) is 0. The van der Waals surface area contributed by atoms with Gasteiger partial charge in [0.25, 0.3) is 6.29 Å². The Hall–Kier alpha value is -4.00. The van der Waals surface area contributed by atoms with Gasteiger partial charge in [-0.25, -0.2) is 15.0 Å². The molecule has 188 valence electrons. The van der Waals surface area contributed by atoms with Crippen molar-refractivity contribution in [1.29, 1.82) is 0 Å². The molecule has 1 aliphatic rings. The predicted octanol–water partition coefficient (Wildman–Crippen LogP) is 4.83. The van der Waals surface area contributed by atoms with Gasteiger partial charge in [-0.15, -0.1) is 0 Å². The summed E-state index contributed by atoms with van der Waals surface area (Å²) in [6.45, 7) is 5.87. The number of thioether (sulfide) groups is 1. The van der Waals surface area contributed by atoms with E-state index in [1.54, 1.807) is 6.26 Å². The number of nitrogens with zero attached hydrogens (tertiary/aromatic N) is 4. The Morgan fingerprint density at radius 1 is 1.08 bits per heavy atom. The first-order chi connectivity index (χ1) is 18.1. The van der Waals surface area contributed by atoms with Crippen LogP contribution < -0.4 is 11.1 Å². The zero-order valence-corrected chi connectivity index (χ0v) is 21.5. The van der Waals surface area contributed by atoms with E-state index in [1.807, 2.05) is 54.6 Å². The largest absolute Gasteiger partial charge is 0.454 e. The van der Waals surface area contributed by atoms with Crippen molar-refractivity contribution in [3.8, 4) is 11.8 Å². The molecule has 4 aromatic rings. The monoisotopic (exact) mass is 512 g/mol. The molecule has 5 rings (SSSR count). The third-order valence-electron chi connectivity index (χ3n) is 5.67. The number of nitrogens with one attached hydrogen (secondary N) is 1. The van der Waals surface area contributed by atoms with Crippen LogP contribution in [0.3, 0.4) is 0 Å². The molecule has 0 fully saturated rings. The zero-order chi connectivity index (χ0) is 25.6. The van der Waals surface area contributed by atoms with Crippen LogP contribution >= 0.6 is 11.8 Å². The first-order valence-corrected chi connectivity index (χ1v) is 13.0. The summed E-state index contributed by atoms with van der Waals surface area (Å²) in [6, 6.07) is 18.2. The molecular formula is C28H28N6O2S. The molecule has 2 aromatic heterocycles. The second-order valence-corrected chi connectivity index (χ2v) is 9.74. The summed E-state index contributed by atoms with van der Waals surface area (Å²) in [5.74, 6) is 6.81. The molecule has 0 spiro atoms. The molecule has 0 aliphatic carbocycles. The van der Waals surface area contributed by atoms with Crippen molar-refractivity contribution in [1.82, 2.24) is 24.8 Å². The van der Waals surface area contributed by atoms with Gasteiger partial charge in [0, 0.05) is 29.3 Å². The molecule has 37 heavy (non-hydrogen) atoms. The van der Waals surface area contributed by atoms with E-state index < -0.39 is 6.29 Å². The maximum Gasteiger partial charge on any atom is 0.269 e. The highest BCUT2D eigenvalue weighted by Crippen LogP contribution is 2.39. The molecule has 1 unspecified atom stereocenters. The van der Waals surface area contributed by atoms with Crippen LogP contribution in [0, 0.1) is 11.8 Å². The highest BCUT2D eigenvalue weighted by molar-refractivity contribution is 8.02. The molecule has 0 amide bonds. The molecule has 2 aromatic carbocycles. The van der Waals surface area contributed by atoms with E-state index in [9.17, 15) is 0 Å². The van der Waals surface area contributed by atoms with Gasteiger partial charge in [-0.05, 0) is 42.9 Å². The van der Waals surface area contributed by atoms with Gasteiger partial charge in [0.2, 0.25) is 5.09 Å². The number of ether oxygens (including phenoxy) is 2. The smallest absolute Gasteiger partial charge is 0.269 e. The van der Waals surface area contributed by atoms with Crippen LogP contribution in [-0.2, 0) is 16.0 Å². The fourth-order valence-corrected chi connectivity index (χ4v) is 4.72. The number of aromatic nitrogens is 4. The number of nitrogen functional groups attached to an aromatic ring is 1. The standard InChI is InChI=1S/C28H28N6O2S/c1-19(2)30-15-8-16-34-26-24(25(29)31-18-32-26)33-28(34)37-23-17-35-27(36-23)22-12-7-6-11-21(22)14-13-20-9-4-3-5-10-20/h3-7,9-12,17-19,27,30H,8,15-16H2,1-2H3,(H2,29,31,32). The van der Waals surface area contributed by atoms with Crippen molar-refractivity contribution in [2.75, 3.05) is 12.3 Å². The van der Waals surface area contributed by atoms with Crippen LogP contribution in [0.15, 0.2) is 77.4 Å². The molecule has 0 radical (unpaired) electrons. The van der Waals surface area contributed by atoms with Gasteiger partial charge >= 0.3 is 0 Å². The SMILES string of the molecule is CC(C)NCCCn1c(SC2=COC(c3ccccc3C#Cc3ccccc3)O2)nc2c(N)ncnc21. The van der Waals surface area contributed by atoms with Crippen molar-refractivity contribution in [3.63, 3.8) is 0 Å². The fraction of sp³-hybridized carbons (Fsp3) is 0.250. The highest BCUT2D eigenvalue weighted by atomic mass is 32.2. The third kappa shape index (κ3) is 5.88. The Balaban J connectivity index is 1.33. The van der Waals surface area contributed by atoms with Crippen LogP contribution in [-0.4, -0.2) is 32.1 Å². The first kappa shape index (κ1) is 24.7. The van der Waals surface area contributed by atoms with E-state index in [2.05, 4.69) is 45.5 Å². The maximum atomic E-state index is 6.18. The molecule has 8 nitrogen and oxygen atoms in total. The van der Waals surface area contributed by atoms with Crippen LogP contribution in [0.1, 0.15) is 43.2 Å². The summed E-state index contributed by atoms with van der Waals surface area (Å²) in [4.78, 5) is 13.3. The van der Waals surface area contributed by atoms with E-state index in [0.717, 1.165) is 41.4 Å². The van der Waals surface area contributed by atoms with Crippen molar-refractivity contribution >= 4 is 28.7 Å². The molecule has 0 saturated carbocycles. The van der Waals surface area contributed by atoms with Crippen molar-refractivity contribution < 1.29 is 9.47 Å². The highest BCUT2D eigenvalue weighted by Gasteiger charge is 2.26. The maximum absolute atomic E-state index is 6.18. The van der Waals surface area contributed by atoms with Crippen molar-refractivity contribution in [2.24, 2.45) is 0 Å². The number of fused-ring (bicyclic) bond motifs is 1. The average Bonchev–Trinajstić information content (AvgIpc) is 3.51. The Labute approximate surface area is 220 Å². The predicted molar refractivity (Wildman–Crippen MR) is 145 cm³/mol. The molecule has 0 bridgehead atoms. The van der Waals surface area contributed by atoms with E-state index >= 15 is 0 Å². The van der Waals surface area contributed by atoms with Crippen LogP contribution in [0.2, 0.25) is 0 Å². The lowest BCUT2D eigenvalue weighted by Crippen LogP contribution is -2.24. The summed E-state index contributed by atoms with van der Waals surface area (Å²) in [5, 5.41) is 4.76. The zero-order valence-electron chi connectivity index (χ0n) is 20.7. The number of hydrogen-bond acceptors (Lipinski definition) is 8. The molecule has 3 N–H and O–H groups in total.